The summed E-state index contributed by atoms with van der Waals surface area (Å²) >= 11 is 6.27. The van der Waals surface area contributed by atoms with Gasteiger partial charge in [-0.15, -0.1) is 0 Å². The minimum Gasteiger partial charge on any atom is -0.497 e. The summed E-state index contributed by atoms with van der Waals surface area (Å²) in [6.45, 7) is 1.03. The molecule has 2 aromatic carbocycles. The van der Waals surface area contributed by atoms with Gasteiger partial charge in [0.1, 0.15) is 11.5 Å². The lowest BCUT2D eigenvalue weighted by molar-refractivity contribution is -0.136. The van der Waals surface area contributed by atoms with Crippen molar-refractivity contribution < 1.29 is 19.1 Å². The van der Waals surface area contributed by atoms with Crippen molar-refractivity contribution in [3.05, 3.63) is 53.1 Å². The number of halogens is 1. The molecule has 2 aliphatic rings. The van der Waals surface area contributed by atoms with Crippen LogP contribution in [0.15, 0.2) is 42.5 Å². The topological polar surface area (TPSA) is 59.1 Å². The first-order chi connectivity index (χ1) is 14.5. The number of likely N-dealkylation sites (tertiary alicyclic amines) is 1. The van der Waals surface area contributed by atoms with E-state index in [0.717, 1.165) is 18.4 Å². The largest absolute Gasteiger partial charge is 0.497 e. The van der Waals surface area contributed by atoms with Crippen molar-refractivity contribution in [1.82, 2.24) is 4.90 Å². The summed E-state index contributed by atoms with van der Waals surface area (Å²) in [5.41, 5.74) is 1.63. The van der Waals surface area contributed by atoms with Gasteiger partial charge in [-0.05, 0) is 37.1 Å². The normalized spacial score (nSPS) is 21.2. The molecule has 158 valence electrons. The molecule has 30 heavy (non-hydrogen) atoms. The summed E-state index contributed by atoms with van der Waals surface area (Å²) in [4.78, 5) is 29.6. The third kappa shape index (κ3) is 3.72. The summed E-state index contributed by atoms with van der Waals surface area (Å²) < 4.78 is 10.9. The highest BCUT2D eigenvalue weighted by Crippen LogP contribution is 2.40. The first kappa shape index (κ1) is 20.5. The van der Waals surface area contributed by atoms with Crippen molar-refractivity contribution in [2.45, 2.75) is 25.3 Å². The van der Waals surface area contributed by atoms with E-state index in [1.807, 2.05) is 41.3 Å². The number of para-hydroxylation sites is 1. The van der Waals surface area contributed by atoms with Crippen LogP contribution in [-0.4, -0.2) is 44.0 Å². The number of benzene rings is 2. The van der Waals surface area contributed by atoms with E-state index in [2.05, 4.69) is 0 Å². The smallest absolute Gasteiger partial charge is 0.228 e. The molecule has 0 N–H and O–H groups in total. The highest BCUT2D eigenvalue weighted by molar-refractivity contribution is 6.33. The zero-order valence-corrected chi connectivity index (χ0v) is 17.9. The molecule has 2 heterocycles. The average Bonchev–Trinajstić information content (AvgIpc) is 3.40. The molecule has 2 aromatic rings. The first-order valence-corrected chi connectivity index (χ1v) is 10.5. The van der Waals surface area contributed by atoms with Crippen molar-refractivity contribution in [2.24, 2.45) is 5.92 Å². The number of nitrogens with zero attached hydrogens (tertiary/aromatic N) is 2. The van der Waals surface area contributed by atoms with Crippen LogP contribution >= 0.6 is 11.6 Å². The molecule has 0 radical (unpaired) electrons. The number of carbonyl (C=O) groups is 2. The fraction of sp³-hybridized carbons (Fsp3) is 0.391. The lowest BCUT2D eigenvalue weighted by atomic mass is 10.0. The predicted octanol–water partition coefficient (Wildman–Crippen LogP) is 4.07. The Labute approximate surface area is 181 Å². The monoisotopic (exact) mass is 428 g/mol. The minimum atomic E-state index is -0.376. The number of hydrogen-bond donors (Lipinski definition) is 0. The summed E-state index contributed by atoms with van der Waals surface area (Å²) in [6, 6.07) is 12.9. The molecule has 0 saturated carbocycles. The van der Waals surface area contributed by atoms with Gasteiger partial charge in [0.2, 0.25) is 11.8 Å². The van der Waals surface area contributed by atoms with Gasteiger partial charge in [0.05, 0.1) is 36.9 Å². The average molecular weight is 429 g/mol. The van der Waals surface area contributed by atoms with Gasteiger partial charge in [0.25, 0.3) is 0 Å². The van der Waals surface area contributed by atoms with Crippen molar-refractivity contribution >= 4 is 29.1 Å². The Bertz CT molecular complexity index is 964. The van der Waals surface area contributed by atoms with E-state index in [9.17, 15) is 9.59 Å². The van der Waals surface area contributed by atoms with Crippen LogP contribution in [0.5, 0.6) is 11.5 Å². The van der Waals surface area contributed by atoms with E-state index in [1.165, 1.54) is 0 Å². The molecule has 2 saturated heterocycles. The second kappa shape index (κ2) is 8.56. The number of amides is 2. The second-order valence-corrected chi connectivity index (χ2v) is 8.06. The van der Waals surface area contributed by atoms with Gasteiger partial charge < -0.3 is 19.3 Å². The van der Waals surface area contributed by atoms with Crippen LogP contribution in [0.4, 0.5) is 5.69 Å². The van der Waals surface area contributed by atoms with Gasteiger partial charge in [-0.1, -0.05) is 23.7 Å². The number of carbonyl (C=O) groups excluding carboxylic acids is 2. The molecule has 0 aliphatic carbocycles. The van der Waals surface area contributed by atoms with Crippen LogP contribution < -0.4 is 14.4 Å². The van der Waals surface area contributed by atoms with E-state index in [1.54, 1.807) is 25.2 Å². The van der Waals surface area contributed by atoms with Crippen LogP contribution in [-0.2, 0) is 9.59 Å². The lowest BCUT2D eigenvalue weighted by Crippen LogP contribution is -2.37. The minimum absolute atomic E-state index is 0.0123. The van der Waals surface area contributed by atoms with E-state index < -0.39 is 0 Å². The zero-order valence-electron chi connectivity index (χ0n) is 17.1. The van der Waals surface area contributed by atoms with Crippen LogP contribution in [0.3, 0.4) is 0 Å². The molecule has 0 bridgehead atoms. The first-order valence-electron chi connectivity index (χ1n) is 10.1. The predicted molar refractivity (Wildman–Crippen MR) is 115 cm³/mol. The Morgan fingerprint density at radius 2 is 1.93 bits per heavy atom. The number of ether oxygens (including phenoxy) is 2. The molecular weight excluding hydrogens is 404 g/mol. The van der Waals surface area contributed by atoms with Gasteiger partial charge in [-0.3, -0.25) is 9.59 Å². The Hall–Kier alpha value is -2.73. The van der Waals surface area contributed by atoms with Crippen molar-refractivity contribution in [1.29, 1.82) is 0 Å². The number of anilines is 1. The van der Waals surface area contributed by atoms with Crippen LogP contribution in [0.2, 0.25) is 5.02 Å². The van der Waals surface area contributed by atoms with Gasteiger partial charge in [-0.2, -0.15) is 0 Å². The molecule has 2 unspecified atom stereocenters. The quantitative estimate of drug-likeness (QED) is 0.720. The second-order valence-electron chi connectivity index (χ2n) is 7.65. The van der Waals surface area contributed by atoms with Gasteiger partial charge in [0.15, 0.2) is 0 Å². The fourth-order valence-electron chi connectivity index (χ4n) is 4.46. The Balaban J connectivity index is 1.55. The Kier molecular flexibility index (Phi) is 5.86. The third-order valence-electron chi connectivity index (χ3n) is 5.95. The maximum Gasteiger partial charge on any atom is 0.228 e. The lowest BCUT2D eigenvalue weighted by Gasteiger charge is -2.29. The van der Waals surface area contributed by atoms with Crippen LogP contribution in [0.25, 0.3) is 0 Å². The molecule has 4 rings (SSSR count). The molecule has 2 fully saturated rings. The SMILES string of the molecule is COc1ccc(C2CCCN2C(=O)C2CC(=O)N(c3ccccc3Cl)C2)c(OC)c1. The highest BCUT2D eigenvalue weighted by atomic mass is 35.5. The van der Waals surface area contributed by atoms with E-state index in [-0.39, 0.29) is 30.2 Å². The van der Waals surface area contributed by atoms with Gasteiger partial charge >= 0.3 is 0 Å². The Morgan fingerprint density at radius 3 is 2.67 bits per heavy atom. The summed E-state index contributed by atoms with van der Waals surface area (Å²) in [5, 5.41) is 0.515. The maximum absolute atomic E-state index is 13.4. The van der Waals surface area contributed by atoms with Gasteiger partial charge in [-0.25, -0.2) is 0 Å². The molecule has 2 atom stereocenters. The van der Waals surface area contributed by atoms with E-state index in [4.69, 9.17) is 21.1 Å². The zero-order chi connectivity index (χ0) is 21.3. The van der Waals surface area contributed by atoms with Crippen molar-refractivity contribution in [3.8, 4) is 11.5 Å². The summed E-state index contributed by atoms with van der Waals surface area (Å²) in [7, 11) is 3.23. The number of methoxy groups -OCH3 is 2. The molecule has 7 heteroatoms. The van der Waals surface area contributed by atoms with E-state index in [0.29, 0.717) is 35.3 Å². The molecule has 2 aliphatic heterocycles. The molecule has 6 nitrogen and oxygen atoms in total. The number of rotatable bonds is 5. The van der Waals surface area contributed by atoms with Crippen LogP contribution in [0, 0.1) is 5.92 Å². The molecule has 0 spiro atoms. The van der Waals surface area contributed by atoms with E-state index >= 15 is 0 Å². The van der Waals surface area contributed by atoms with Crippen LogP contribution in [0.1, 0.15) is 30.9 Å². The Morgan fingerprint density at radius 1 is 1.13 bits per heavy atom. The molecule has 0 aromatic heterocycles. The fourth-order valence-corrected chi connectivity index (χ4v) is 4.70. The third-order valence-corrected chi connectivity index (χ3v) is 6.27. The molecule has 2 amide bonds. The highest BCUT2D eigenvalue weighted by Gasteiger charge is 2.41. The number of hydrogen-bond acceptors (Lipinski definition) is 4. The van der Waals surface area contributed by atoms with Crippen molar-refractivity contribution in [2.75, 3.05) is 32.2 Å². The molecular formula is C23H25ClN2O4. The summed E-state index contributed by atoms with van der Waals surface area (Å²) in [5.74, 6) is 0.985. The summed E-state index contributed by atoms with van der Waals surface area (Å²) in [6.07, 6.45) is 1.98. The maximum atomic E-state index is 13.4. The van der Waals surface area contributed by atoms with Gasteiger partial charge in [0, 0.05) is 31.1 Å². The standard InChI is InChI=1S/C23H25ClN2O4/c1-29-16-9-10-17(21(13-16)30-2)19-8-5-11-25(19)23(28)15-12-22(27)26(14-15)20-7-4-3-6-18(20)24/h3-4,6-7,9-10,13,15,19H,5,8,11-12,14H2,1-2H3. The van der Waals surface area contributed by atoms with Crippen molar-refractivity contribution in [3.63, 3.8) is 0 Å².